The molecule has 0 amide bonds. The van der Waals surface area contributed by atoms with E-state index < -0.39 is 0 Å². The summed E-state index contributed by atoms with van der Waals surface area (Å²) in [6, 6.07) is 2.13. The second-order valence-corrected chi connectivity index (χ2v) is 7.80. The number of Topliss-reactive ketones (excluding diaryl/α,β-unsaturated/α-hetero) is 2. The van der Waals surface area contributed by atoms with Gasteiger partial charge in [0, 0.05) is 17.0 Å². The Bertz CT molecular complexity index is 796. The smallest absolute Gasteiger partial charge is 0.234 e. The second-order valence-electron chi connectivity index (χ2n) is 7.80. The minimum Gasteiger partial charge on any atom is -0.492 e. The molecular weight excluding hydrogens is 288 g/mol. The van der Waals surface area contributed by atoms with E-state index >= 15 is 0 Å². The molecule has 0 saturated heterocycles. The average Bonchev–Trinajstić information content (AvgIpc) is 2.87. The summed E-state index contributed by atoms with van der Waals surface area (Å²) in [5, 5.41) is 0. The van der Waals surface area contributed by atoms with E-state index in [2.05, 4.69) is 19.9 Å². The molecule has 0 aromatic heterocycles. The third-order valence-electron chi connectivity index (χ3n) is 5.81. The van der Waals surface area contributed by atoms with Crippen LogP contribution in [0.1, 0.15) is 66.2 Å². The Kier molecular flexibility index (Phi) is 2.91. The number of ketones is 2. The SMILES string of the molecule is Cc1c2c(cc3c1C(=O)C(=O)C1=C3OC[C@@H]1C)C(C)(C)CCC2. The molecule has 0 unspecified atom stereocenters. The van der Waals surface area contributed by atoms with Gasteiger partial charge in [-0.25, -0.2) is 0 Å². The Morgan fingerprint density at radius 2 is 1.96 bits per heavy atom. The van der Waals surface area contributed by atoms with Crippen LogP contribution in [0.25, 0.3) is 5.76 Å². The standard InChI is InChI=1S/C20H22O3/c1-10-9-23-19-13-8-14-12(6-5-7-20(14,3)4)11(2)16(13)18(22)17(21)15(10)19/h8,10H,5-7,9H2,1-4H3/t10-/m0/s1. The number of carbonyl (C=O) groups is 2. The van der Waals surface area contributed by atoms with E-state index in [9.17, 15) is 9.59 Å². The van der Waals surface area contributed by atoms with Gasteiger partial charge in [-0.05, 0) is 54.4 Å². The predicted octanol–water partition coefficient (Wildman–Crippen LogP) is 3.75. The highest BCUT2D eigenvalue weighted by Crippen LogP contribution is 2.45. The number of ether oxygens (including phenoxy) is 1. The van der Waals surface area contributed by atoms with Crippen molar-refractivity contribution >= 4 is 17.3 Å². The molecule has 2 aliphatic carbocycles. The van der Waals surface area contributed by atoms with Crippen molar-refractivity contribution < 1.29 is 14.3 Å². The molecule has 120 valence electrons. The molecule has 4 rings (SSSR count). The van der Waals surface area contributed by atoms with Gasteiger partial charge in [-0.1, -0.05) is 20.8 Å². The van der Waals surface area contributed by atoms with Crippen molar-refractivity contribution in [2.24, 2.45) is 5.92 Å². The molecule has 0 N–H and O–H groups in total. The molecule has 23 heavy (non-hydrogen) atoms. The van der Waals surface area contributed by atoms with Crippen LogP contribution in [-0.4, -0.2) is 18.2 Å². The largest absolute Gasteiger partial charge is 0.492 e. The maximum absolute atomic E-state index is 12.7. The Morgan fingerprint density at radius 3 is 2.70 bits per heavy atom. The van der Waals surface area contributed by atoms with E-state index in [1.807, 2.05) is 13.8 Å². The first-order chi connectivity index (χ1) is 10.8. The van der Waals surface area contributed by atoms with Crippen LogP contribution in [0.5, 0.6) is 0 Å². The van der Waals surface area contributed by atoms with Crippen LogP contribution in [0, 0.1) is 12.8 Å². The zero-order valence-electron chi connectivity index (χ0n) is 14.2. The van der Waals surface area contributed by atoms with Gasteiger partial charge in [0.1, 0.15) is 5.76 Å². The summed E-state index contributed by atoms with van der Waals surface area (Å²) in [6.07, 6.45) is 3.26. The number of carbonyl (C=O) groups excluding carboxylic acids is 2. The van der Waals surface area contributed by atoms with Crippen molar-refractivity contribution in [1.29, 1.82) is 0 Å². The topological polar surface area (TPSA) is 43.4 Å². The molecule has 0 saturated carbocycles. The number of fused-ring (bicyclic) bond motifs is 3. The fourth-order valence-corrected chi connectivity index (χ4v) is 4.48. The van der Waals surface area contributed by atoms with Gasteiger partial charge in [-0.3, -0.25) is 9.59 Å². The van der Waals surface area contributed by atoms with Gasteiger partial charge in [0.25, 0.3) is 0 Å². The Hall–Kier alpha value is -1.90. The van der Waals surface area contributed by atoms with Gasteiger partial charge >= 0.3 is 0 Å². The first-order valence-electron chi connectivity index (χ1n) is 8.46. The van der Waals surface area contributed by atoms with Crippen LogP contribution in [0.4, 0.5) is 0 Å². The molecule has 1 atom stereocenters. The predicted molar refractivity (Wildman–Crippen MR) is 88.5 cm³/mol. The normalized spacial score (nSPS) is 25.0. The summed E-state index contributed by atoms with van der Waals surface area (Å²) in [5.41, 5.74) is 5.67. The van der Waals surface area contributed by atoms with E-state index in [0.717, 1.165) is 30.4 Å². The average molecular weight is 310 g/mol. The first-order valence-corrected chi connectivity index (χ1v) is 8.46. The van der Waals surface area contributed by atoms with E-state index in [4.69, 9.17) is 4.74 Å². The van der Waals surface area contributed by atoms with Crippen molar-refractivity contribution in [3.05, 3.63) is 39.5 Å². The summed E-state index contributed by atoms with van der Waals surface area (Å²) in [7, 11) is 0. The molecule has 0 fully saturated rings. The molecule has 1 aromatic carbocycles. The first kappa shape index (κ1) is 14.7. The van der Waals surface area contributed by atoms with Crippen LogP contribution < -0.4 is 0 Å². The highest BCUT2D eigenvalue weighted by molar-refractivity contribution is 6.52. The third kappa shape index (κ3) is 1.82. The van der Waals surface area contributed by atoms with Gasteiger partial charge in [0.15, 0.2) is 0 Å². The lowest BCUT2D eigenvalue weighted by molar-refractivity contribution is -0.112. The Labute approximate surface area is 136 Å². The monoisotopic (exact) mass is 310 g/mol. The molecule has 0 radical (unpaired) electrons. The number of benzene rings is 1. The van der Waals surface area contributed by atoms with Crippen LogP contribution in [0.15, 0.2) is 11.6 Å². The highest BCUT2D eigenvalue weighted by Gasteiger charge is 2.42. The fourth-order valence-electron chi connectivity index (χ4n) is 4.48. The van der Waals surface area contributed by atoms with Crippen LogP contribution in [0.3, 0.4) is 0 Å². The lowest BCUT2D eigenvalue weighted by atomic mass is 9.68. The maximum Gasteiger partial charge on any atom is 0.234 e. The van der Waals surface area contributed by atoms with E-state index in [-0.39, 0.29) is 22.9 Å². The van der Waals surface area contributed by atoms with Gasteiger partial charge in [-0.15, -0.1) is 0 Å². The minimum atomic E-state index is -0.365. The highest BCUT2D eigenvalue weighted by atomic mass is 16.5. The van der Waals surface area contributed by atoms with E-state index in [1.165, 1.54) is 11.1 Å². The van der Waals surface area contributed by atoms with Crippen molar-refractivity contribution in [3.63, 3.8) is 0 Å². The molecule has 1 aromatic rings. The number of hydrogen-bond acceptors (Lipinski definition) is 3. The quantitative estimate of drug-likeness (QED) is 0.685. The molecule has 3 heteroatoms. The lowest BCUT2D eigenvalue weighted by Gasteiger charge is -2.35. The van der Waals surface area contributed by atoms with Crippen molar-refractivity contribution in [2.45, 2.75) is 52.4 Å². The summed E-state index contributed by atoms with van der Waals surface area (Å²) < 4.78 is 5.84. The second kappa shape index (κ2) is 4.56. The minimum absolute atomic E-state index is 0.000973. The van der Waals surface area contributed by atoms with Crippen molar-refractivity contribution in [3.8, 4) is 0 Å². The van der Waals surface area contributed by atoms with Gasteiger partial charge in [0.05, 0.1) is 12.2 Å². The van der Waals surface area contributed by atoms with E-state index in [0.29, 0.717) is 23.5 Å². The van der Waals surface area contributed by atoms with Gasteiger partial charge in [0.2, 0.25) is 11.6 Å². The van der Waals surface area contributed by atoms with Gasteiger partial charge < -0.3 is 4.74 Å². The lowest BCUT2D eigenvalue weighted by Crippen LogP contribution is -2.30. The zero-order chi connectivity index (χ0) is 16.5. The number of rotatable bonds is 0. The van der Waals surface area contributed by atoms with Crippen LogP contribution >= 0.6 is 0 Å². The van der Waals surface area contributed by atoms with Crippen LogP contribution in [0.2, 0.25) is 0 Å². The molecule has 1 heterocycles. The summed E-state index contributed by atoms with van der Waals surface area (Å²) in [5.74, 6) is -0.0567. The summed E-state index contributed by atoms with van der Waals surface area (Å²) in [6.45, 7) is 8.96. The number of hydrogen-bond donors (Lipinski definition) is 0. The fraction of sp³-hybridized carbons (Fsp3) is 0.500. The summed E-state index contributed by atoms with van der Waals surface area (Å²) in [4.78, 5) is 25.3. The van der Waals surface area contributed by atoms with Crippen molar-refractivity contribution in [2.75, 3.05) is 6.61 Å². The molecular formula is C20H22O3. The maximum atomic E-state index is 12.7. The Balaban J connectivity index is 2.06. The molecule has 0 spiro atoms. The molecule has 3 aliphatic rings. The molecule has 1 aliphatic heterocycles. The Morgan fingerprint density at radius 1 is 1.22 bits per heavy atom. The van der Waals surface area contributed by atoms with E-state index in [1.54, 1.807) is 0 Å². The zero-order valence-corrected chi connectivity index (χ0v) is 14.2. The third-order valence-corrected chi connectivity index (χ3v) is 5.81. The van der Waals surface area contributed by atoms with Crippen LogP contribution in [-0.2, 0) is 21.4 Å². The molecule has 3 nitrogen and oxygen atoms in total. The molecule has 0 bridgehead atoms. The summed E-state index contributed by atoms with van der Waals surface area (Å²) >= 11 is 0. The van der Waals surface area contributed by atoms with Crippen molar-refractivity contribution in [1.82, 2.24) is 0 Å². The van der Waals surface area contributed by atoms with Gasteiger partial charge in [-0.2, -0.15) is 0 Å².